The Kier molecular flexibility index (Phi) is 3.94. The molecule has 24 heavy (non-hydrogen) atoms. The van der Waals surface area contributed by atoms with Crippen LogP contribution in [0.3, 0.4) is 0 Å². The third kappa shape index (κ3) is 2.55. The summed E-state index contributed by atoms with van der Waals surface area (Å²) in [5.41, 5.74) is 3.65. The van der Waals surface area contributed by atoms with Crippen LogP contribution in [0.15, 0.2) is 71.6 Å². The largest absolute Gasteiger partial charge is 0.347 e. The van der Waals surface area contributed by atoms with Crippen LogP contribution in [-0.4, -0.2) is 19.6 Å². The summed E-state index contributed by atoms with van der Waals surface area (Å²) in [7, 11) is 0. The summed E-state index contributed by atoms with van der Waals surface area (Å²) >= 11 is 3.61. The Labute approximate surface area is 148 Å². The van der Waals surface area contributed by atoms with Crippen molar-refractivity contribution in [3.05, 3.63) is 82.7 Å². The number of halogens is 1. The van der Waals surface area contributed by atoms with E-state index in [2.05, 4.69) is 86.4 Å². The van der Waals surface area contributed by atoms with Gasteiger partial charge in [-0.25, -0.2) is 4.68 Å². The third-order valence-corrected chi connectivity index (χ3v) is 4.82. The first-order chi connectivity index (χ1) is 11.8. The lowest BCUT2D eigenvalue weighted by Gasteiger charge is -2.17. The third-order valence-electron chi connectivity index (χ3n) is 4.33. The Bertz CT molecular complexity index is 958. The molecule has 120 valence electrons. The normalized spacial score (nSPS) is 12.6. The zero-order valence-corrected chi connectivity index (χ0v) is 14.9. The molecule has 0 aliphatic carbocycles. The Morgan fingerprint density at radius 3 is 2.67 bits per heavy atom. The van der Waals surface area contributed by atoms with Crippen LogP contribution in [0, 0.1) is 0 Å². The molecule has 0 aliphatic rings. The van der Waals surface area contributed by atoms with Crippen molar-refractivity contribution in [3.63, 3.8) is 0 Å². The molecule has 4 aromatic rings. The summed E-state index contributed by atoms with van der Waals surface area (Å²) in [5.74, 6) is 0. The summed E-state index contributed by atoms with van der Waals surface area (Å²) in [5, 5.41) is 9.53. The maximum Gasteiger partial charge on any atom is 0.106 e. The molecule has 0 fully saturated rings. The van der Waals surface area contributed by atoms with Crippen LogP contribution < -0.4 is 0 Å². The van der Waals surface area contributed by atoms with Crippen LogP contribution in [0.1, 0.15) is 24.1 Å². The van der Waals surface area contributed by atoms with E-state index in [9.17, 15) is 0 Å². The van der Waals surface area contributed by atoms with Crippen LogP contribution in [0.2, 0.25) is 0 Å². The molecule has 0 radical (unpaired) electrons. The molecule has 5 heteroatoms. The van der Waals surface area contributed by atoms with Crippen molar-refractivity contribution in [3.8, 4) is 0 Å². The predicted molar refractivity (Wildman–Crippen MR) is 99.0 cm³/mol. The Hall–Kier alpha value is -2.40. The zero-order valence-electron chi connectivity index (χ0n) is 13.3. The highest BCUT2D eigenvalue weighted by Crippen LogP contribution is 2.34. The second kappa shape index (κ2) is 6.24. The van der Waals surface area contributed by atoms with Crippen LogP contribution in [0.25, 0.3) is 10.9 Å². The molecule has 1 unspecified atom stereocenters. The first-order valence-corrected chi connectivity index (χ1v) is 8.76. The number of nitrogens with zero attached hydrogens (tertiary/aromatic N) is 4. The molecule has 0 aliphatic heterocycles. The van der Waals surface area contributed by atoms with Crippen molar-refractivity contribution in [1.82, 2.24) is 19.6 Å². The molecule has 2 heterocycles. The zero-order chi connectivity index (χ0) is 16.5. The maximum atomic E-state index is 4.28. The molecule has 2 aromatic carbocycles. The van der Waals surface area contributed by atoms with Gasteiger partial charge in [-0.2, -0.15) is 0 Å². The average molecular weight is 381 g/mol. The number of fused-ring (bicyclic) bond motifs is 1. The highest BCUT2D eigenvalue weighted by molar-refractivity contribution is 9.10. The van der Waals surface area contributed by atoms with Gasteiger partial charge in [-0.05, 0) is 30.7 Å². The van der Waals surface area contributed by atoms with Crippen LogP contribution >= 0.6 is 15.9 Å². The molecule has 4 nitrogen and oxygen atoms in total. The number of rotatable bonds is 4. The van der Waals surface area contributed by atoms with Gasteiger partial charge in [-0.3, -0.25) is 0 Å². The number of benzene rings is 2. The maximum absolute atomic E-state index is 4.28. The average Bonchev–Trinajstić information content (AvgIpc) is 3.25. The summed E-state index contributed by atoms with van der Waals surface area (Å²) in [6.45, 7) is 3.09. The van der Waals surface area contributed by atoms with Gasteiger partial charge in [0.1, 0.15) is 6.04 Å². The first kappa shape index (κ1) is 15.1. The van der Waals surface area contributed by atoms with Gasteiger partial charge in [-0.15, -0.1) is 5.10 Å². The lowest BCUT2D eigenvalue weighted by Crippen LogP contribution is -2.13. The molecule has 0 spiro atoms. The molecule has 1 atom stereocenters. The Morgan fingerprint density at radius 1 is 1.12 bits per heavy atom. The van der Waals surface area contributed by atoms with E-state index in [1.807, 2.05) is 16.9 Å². The predicted octanol–water partition coefficient (Wildman–Crippen LogP) is 4.65. The van der Waals surface area contributed by atoms with Gasteiger partial charge in [0.05, 0.1) is 6.20 Å². The van der Waals surface area contributed by atoms with Gasteiger partial charge in [0.2, 0.25) is 0 Å². The summed E-state index contributed by atoms with van der Waals surface area (Å²) in [6, 6.07) is 16.9. The summed E-state index contributed by atoms with van der Waals surface area (Å²) in [4.78, 5) is 0. The lowest BCUT2D eigenvalue weighted by atomic mass is 9.98. The van der Waals surface area contributed by atoms with E-state index in [-0.39, 0.29) is 6.04 Å². The standard InChI is InChI=1S/C19H17BrN4/c1-2-23-13-17(16-12-15(20)8-9-18(16)23)19(24-11-10-21-22-24)14-6-4-3-5-7-14/h3-13,19H,2H2,1H3. The molecule has 2 aromatic heterocycles. The molecular formula is C19H17BrN4. The van der Waals surface area contributed by atoms with Crippen molar-refractivity contribution in [2.45, 2.75) is 19.5 Å². The molecule has 4 rings (SSSR count). The Balaban J connectivity index is 2.00. The van der Waals surface area contributed by atoms with E-state index >= 15 is 0 Å². The number of hydrogen-bond acceptors (Lipinski definition) is 2. The molecule has 0 saturated carbocycles. The Morgan fingerprint density at radius 2 is 1.96 bits per heavy atom. The topological polar surface area (TPSA) is 35.6 Å². The minimum Gasteiger partial charge on any atom is -0.347 e. The fourth-order valence-corrected chi connectivity index (χ4v) is 3.60. The number of aryl methyl sites for hydroxylation is 1. The minimum atomic E-state index is -0.00157. The van der Waals surface area contributed by atoms with E-state index < -0.39 is 0 Å². The highest BCUT2D eigenvalue weighted by atomic mass is 79.9. The lowest BCUT2D eigenvalue weighted by molar-refractivity contribution is 0.572. The summed E-state index contributed by atoms with van der Waals surface area (Å²) < 4.78 is 5.28. The molecular weight excluding hydrogens is 364 g/mol. The first-order valence-electron chi connectivity index (χ1n) is 7.97. The van der Waals surface area contributed by atoms with Crippen LogP contribution in [0.4, 0.5) is 0 Å². The van der Waals surface area contributed by atoms with Gasteiger partial charge in [0.15, 0.2) is 0 Å². The van der Waals surface area contributed by atoms with Crippen LogP contribution in [-0.2, 0) is 6.54 Å². The minimum absolute atomic E-state index is 0.00157. The van der Waals surface area contributed by atoms with Crippen molar-refractivity contribution >= 4 is 26.8 Å². The van der Waals surface area contributed by atoms with E-state index in [0.29, 0.717) is 0 Å². The van der Waals surface area contributed by atoms with Crippen molar-refractivity contribution in [1.29, 1.82) is 0 Å². The highest BCUT2D eigenvalue weighted by Gasteiger charge is 2.22. The monoisotopic (exact) mass is 380 g/mol. The van der Waals surface area contributed by atoms with Crippen molar-refractivity contribution in [2.24, 2.45) is 0 Å². The van der Waals surface area contributed by atoms with Gasteiger partial charge < -0.3 is 4.57 Å². The fourth-order valence-electron chi connectivity index (χ4n) is 3.24. The van der Waals surface area contributed by atoms with Gasteiger partial charge in [0, 0.05) is 39.9 Å². The van der Waals surface area contributed by atoms with Gasteiger partial charge in [-0.1, -0.05) is 51.5 Å². The fraction of sp³-hybridized carbons (Fsp3) is 0.158. The van der Waals surface area contributed by atoms with Gasteiger partial charge >= 0.3 is 0 Å². The second-order valence-corrected chi connectivity index (χ2v) is 6.64. The molecule has 0 saturated heterocycles. The summed E-state index contributed by atoms with van der Waals surface area (Å²) in [6.07, 6.45) is 5.88. The number of hydrogen-bond donors (Lipinski definition) is 0. The van der Waals surface area contributed by atoms with Crippen molar-refractivity contribution < 1.29 is 0 Å². The van der Waals surface area contributed by atoms with E-state index in [0.717, 1.165) is 11.0 Å². The van der Waals surface area contributed by atoms with Gasteiger partial charge in [0.25, 0.3) is 0 Å². The van der Waals surface area contributed by atoms with E-state index in [4.69, 9.17) is 0 Å². The van der Waals surface area contributed by atoms with E-state index in [1.54, 1.807) is 6.20 Å². The molecule has 0 N–H and O–H groups in total. The smallest absolute Gasteiger partial charge is 0.106 e. The van der Waals surface area contributed by atoms with E-state index in [1.165, 1.54) is 22.0 Å². The molecule has 0 bridgehead atoms. The number of aromatic nitrogens is 4. The SMILES string of the molecule is CCn1cc(C(c2ccccc2)n2ccnn2)c2cc(Br)ccc21. The second-order valence-electron chi connectivity index (χ2n) is 5.73. The van der Waals surface area contributed by atoms with Crippen molar-refractivity contribution in [2.75, 3.05) is 0 Å². The van der Waals surface area contributed by atoms with Crippen LogP contribution in [0.5, 0.6) is 0 Å². The molecule has 0 amide bonds. The quantitative estimate of drug-likeness (QED) is 0.516.